The van der Waals surface area contributed by atoms with Crippen LogP contribution >= 0.6 is 0 Å². The Morgan fingerprint density at radius 3 is 2.82 bits per heavy atom. The normalized spacial score (nSPS) is 18.5. The fourth-order valence-electron chi connectivity index (χ4n) is 2.26. The van der Waals surface area contributed by atoms with E-state index in [1.165, 1.54) is 7.11 Å². The van der Waals surface area contributed by atoms with Crippen molar-refractivity contribution in [1.29, 1.82) is 0 Å². The maximum absolute atomic E-state index is 11.7. The Balaban J connectivity index is 2.42. The number of nitrogens with zero attached hydrogens (tertiary/aromatic N) is 1. The van der Waals surface area contributed by atoms with Crippen molar-refractivity contribution in [1.82, 2.24) is 0 Å². The zero-order valence-corrected chi connectivity index (χ0v) is 10.4. The summed E-state index contributed by atoms with van der Waals surface area (Å²) in [5.74, 6) is 0.489. The summed E-state index contributed by atoms with van der Waals surface area (Å²) in [5, 5.41) is 0. The van der Waals surface area contributed by atoms with E-state index in [1.54, 1.807) is 7.11 Å². The van der Waals surface area contributed by atoms with Crippen molar-refractivity contribution in [2.45, 2.75) is 12.3 Å². The fourth-order valence-corrected chi connectivity index (χ4v) is 2.26. The largest absolute Gasteiger partial charge is 0.497 e. The average Bonchev–Trinajstić information content (AvgIpc) is 2.38. The molecule has 0 radical (unpaired) electrons. The maximum atomic E-state index is 11.7. The van der Waals surface area contributed by atoms with Crippen LogP contribution in [0.3, 0.4) is 0 Å². The molecule has 4 nitrogen and oxygen atoms in total. The zero-order chi connectivity index (χ0) is 12.4. The molecule has 0 aliphatic carbocycles. The van der Waals surface area contributed by atoms with E-state index < -0.39 is 0 Å². The first kappa shape index (κ1) is 11.8. The van der Waals surface area contributed by atoms with Crippen molar-refractivity contribution in [3.63, 3.8) is 0 Å². The number of esters is 1. The van der Waals surface area contributed by atoms with Crippen LogP contribution in [0.15, 0.2) is 18.2 Å². The molecule has 0 spiro atoms. The van der Waals surface area contributed by atoms with Gasteiger partial charge >= 0.3 is 5.97 Å². The fraction of sp³-hybridized carbons (Fsp3) is 0.462. The number of hydrogen-bond acceptors (Lipinski definition) is 4. The van der Waals surface area contributed by atoms with Crippen LogP contribution in [0.25, 0.3) is 0 Å². The molecule has 1 aromatic rings. The highest BCUT2D eigenvalue weighted by Crippen LogP contribution is 2.37. The molecule has 0 saturated heterocycles. The van der Waals surface area contributed by atoms with Crippen molar-refractivity contribution in [3.05, 3.63) is 23.8 Å². The number of ether oxygens (including phenoxy) is 2. The van der Waals surface area contributed by atoms with Gasteiger partial charge in [-0.3, -0.25) is 4.79 Å². The lowest BCUT2D eigenvalue weighted by Gasteiger charge is -2.32. The van der Waals surface area contributed by atoms with Gasteiger partial charge in [-0.1, -0.05) is 6.07 Å². The molecule has 17 heavy (non-hydrogen) atoms. The third-order valence-corrected chi connectivity index (χ3v) is 3.26. The second-order valence-corrected chi connectivity index (χ2v) is 4.21. The van der Waals surface area contributed by atoms with Crippen LogP contribution in [0, 0.1) is 0 Å². The van der Waals surface area contributed by atoms with Gasteiger partial charge in [0.05, 0.1) is 20.1 Å². The van der Waals surface area contributed by atoms with Gasteiger partial charge in [-0.05, 0) is 18.1 Å². The van der Waals surface area contributed by atoms with Crippen molar-refractivity contribution in [2.24, 2.45) is 0 Å². The molecule has 4 heteroatoms. The molecule has 0 saturated carbocycles. The van der Waals surface area contributed by atoms with Gasteiger partial charge in [0.1, 0.15) is 5.75 Å². The number of methoxy groups -OCH3 is 2. The summed E-state index contributed by atoms with van der Waals surface area (Å²) in [6.07, 6.45) is 0.794. The Morgan fingerprint density at radius 1 is 1.41 bits per heavy atom. The first-order chi connectivity index (χ1) is 8.17. The summed E-state index contributed by atoms with van der Waals surface area (Å²) in [5.41, 5.74) is 2.07. The molecule has 92 valence electrons. The number of rotatable bonds is 2. The molecule has 0 N–H and O–H groups in total. The lowest BCUT2D eigenvalue weighted by Crippen LogP contribution is -2.30. The predicted octanol–water partition coefficient (Wildman–Crippen LogP) is 1.79. The minimum atomic E-state index is -0.162. The van der Waals surface area contributed by atoms with E-state index in [4.69, 9.17) is 9.47 Å². The summed E-state index contributed by atoms with van der Waals surface area (Å²) < 4.78 is 10.1. The van der Waals surface area contributed by atoms with E-state index in [9.17, 15) is 4.79 Å². The maximum Gasteiger partial charge on any atom is 0.313 e. The van der Waals surface area contributed by atoms with Crippen LogP contribution in [-0.2, 0) is 9.53 Å². The Kier molecular flexibility index (Phi) is 3.22. The van der Waals surface area contributed by atoms with E-state index in [2.05, 4.69) is 4.90 Å². The van der Waals surface area contributed by atoms with Crippen molar-refractivity contribution in [2.75, 3.05) is 32.7 Å². The van der Waals surface area contributed by atoms with E-state index in [-0.39, 0.29) is 11.9 Å². The number of carbonyl (C=O) groups is 1. The second-order valence-electron chi connectivity index (χ2n) is 4.21. The van der Waals surface area contributed by atoms with Crippen LogP contribution in [0.5, 0.6) is 5.75 Å². The summed E-state index contributed by atoms with van der Waals surface area (Å²) >= 11 is 0. The number of hydrogen-bond donors (Lipinski definition) is 0. The predicted molar refractivity (Wildman–Crippen MR) is 65.6 cm³/mol. The highest BCUT2D eigenvalue weighted by molar-refractivity contribution is 5.82. The quantitative estimate of drug-likeness (QED) is 0.733. The monoisotopic (exact) mass is 235 g/mol. The second kappa shape index (κ2) is 4.65. The van der Waals surface area contributed by atoms with E-state index in [0.29, 0.717) is 0 Å². The number of fused-ring (bicyclic) bond motifs is 1. The van der Waals surface area contributed by atoms with E-state index >= 15 is 0 Å². The highest BCUT2D eigenvalue weighted by Gasteiger charge is 2.29. The molecule has 0 amide bonds. The van der Waals surface area contributed by atoms with Crippen LogP contribution in [0.1, 0.15) is 17.9 Å². The van der Waals surface area contributed by atoms with Gasteiger partial charge < -0.3 is 14.4 Å². The van der Waals surface area contributed by atoms with Crippen molar-refractivity contribution < 1.29 is 14.3 Å². The topological polar surface area (TPSA) is 38.8 Å². The first-order valence-electron chi connectivity index (χ1n) is 5.64. The van der Waals surface area contributed by atoms with Gasteiger partial charge in [0.25, 0.3) is 0 Å². The third-order valence-electron chi connectivity index (χ3n) is 3.26. The molecular formula is C13H17NO3. The molecule has 0 bridgehead atoms. The third kappa shape index (κ3) is 2.07. The SMILES string of the molecule is COC(=O)C1CCN(C)c2cc(OC)ccc21. The molecule has 1 aliphatic rings. The van der Waals surface area contributed by atoms with Gasteiger partial charge in [-0.25, -0.2) is 0 Å². The van der Waals surface area contributed by atoms with Crippen molar-refractivity contribution >= 4 is 11.7 Å². The minimum absolute atomic E-state index is 0.155. The lowest BCUT2D eigenvalue weighted by molar-refractivity contribution is -0.142. The highest BCUT2D eigenvalue weighted by atomic mass is 16.5. The summed E-state index contributed by atoms with van der Waals surface area (Å²) in [7, 11) is 5.10. The summed E-state index contributed by atoms with van der Waals surface area (Å²) in [4.78, 5) is 13.9. The molecule has 1 heterocycles. The first-order valence-corrected chi connectivity index (χ1v) is 5.64. The van der Waals surface area contributed by atoms with Crippen LogP contribution in [0.4, 0.5) is 5.69 Å². The van der Waals surface area contributed by atoms with Crippen LogP contribution in [-0.4, -0.2) is 33.8 Å². The number of anilines is 1. The Morgan fingerprint density at radius 2 is 2.18 bits per heavy atom. The van der Waals surface area contributed by atoms with Gasteiger partial charge in [0, 0.05) is 25.3 Å². The molecule has 1 atom stereocenters. The molecule has 1 unspecified atom stereocenters. The Hall–Kier alpha value is -1.71. The molecule has 0 fully saturated rings. The molecule has 2 rings (SSSR count). The molecular weight excluding hydrogens is 218 g/mol. The molecule has 1 aromatic carbocycles. The summed E-state index contributed by atoms with van der Waals surface area (Å²) in [6.45, 7) is 0.847. The van der Waals surface area contributed by atoms with E-state index in [1.807, 2.05) is 25.2 Å². The standard InChI is InChI=1S/C13H17NO3/c1-14-7-6-11(13(15)17-3)10-5-4-9(16-2)8-12(10)14/h4-5,8,11H,6-7H2,1-3H3. The van der Waals surface area contributed by atoms with Gasteiger partial charge in [0.2, 0.25) is 0 Å². The van der Waals surface area contributed by atoms with E-state index in [0.717, 1.165) is 30.0 Å². The van der Waals surface area contributed by atoms with Crippen LogP contribution in [0.2, 0.25) is 0 Å². The zero-order valence-electron chi connectivity index (χ0n) is 10.4. The summed E-state index contributed by atoms with van der Waals surface area (Å²) in [6, 6.07) is 5.80. The minimum Gasteiger partial charge on any atom is -0.497 e. The average molecular weight is 235 g/mol. The molecule has 0 aromatic heterocycles. The molecule has 1 aliphatic heterocycles. The smallest absolute Gasteiger partial charge is 0.313 e. The Bertz CT molecular complexity index is 431. The van der Waals surface area contributed by atoms with Gasteiger partial charge in [-0.15, -0.1) is 0 Å². The number of carbonyl (C=O) groups excluding carboxylic acids is 1. The number of benzene rings is 1. The lowest BCUT2D eigenvalue weighted by atomic mass is 9.90. The Labute approximate surface area is 101 Å². The van der Waals surface area contributed by atoms with Gasteiger partial charge in [-0.2, -0.15) is 0 Å². The van der Waals surface area contributed by atoms with Crippen molar-refractivity contribution in [3.8, 4) is 5.75 Å². The van der Waals surface area contributed by atoms with Crippen LogP contribution < -0.4 is 9.64 Å². The van der Waals surface area contributed by atoms with Gasteiger partial charge in [0.15, 0.2) is 0 Å².